The first kappa shape index (κ1) is 14.4. The fourth-order valence-corrected chi connectivity index (χ4v) is 2.24. The van der Waals surface area contributed by atoms with Gasteiger partial charge in [0.2, 0.25) is 11.8 Å². The number of amides is 2. The highest BCUT2D eigenvalue weighted by molar-refractivity contribution is 5.88. The van der Waals surface area contributed by atoms with Gasteiger partial charge in [-0.05, 0) is 37.0 Å². The van der Waals surface area contributed by atoms with Gasteiger partial charge in [0.1, 0.15) is 11.8 Å². The molecule has 1 atom stereocenters. The molecule has 1 aromatic rings. The minimum Gasteiger partial charge on any atom is -0.497 e. The summed E-state index contributed by atoms with van der Waals surface area (Å²) in [6.07, 6.45) is 2.74. The van der Waals surface area contributed by atoms with Crippen LogP contribution in [0.4, 0.5) is 0 Å². The number of aryl methyl sites for hydroxylation is 1. The molecule has 5 heteroatoms. The highest BCUT2D eigenvalue weighted by atomic mass is 16.5. The third-order valence-corrected chi connectivity index (χ3v) is 3.41. The Balaban J connectivity index is 1.69. The molecule has 0 bridgehead atoms. The Labute approximate surface area is 118 Å². The maximum absolute atomic E-state index is 11.7. The van der Waals surface area contributed by atoms with Crippen LogP contribution in [0.3, 0.4) is 0 Å². The molecule has 108 valence electrons. The first-order chi connectivity index (χ1) is 9.69. The van der Waals surface area contributed by atoms with Gasteiger partial charge >= 0.3 is 0 Å². The van der Waals surface area contributed by atoms with Crippen molar-refractivity contribution in [2.75, 3.05) is 13.7 Å². The predicted octanol–water partition coefficient (Wildman–Crippen LogP) is 1.02. The standard InChI is InChI=1S/C15H20N2O3/c1-20-12-7-5-11(6-8-12)3-2-4-14(18)17-13-9-10-16-15(13)19/h5-8,13H,2-4,9-10H2,1H3,(H,16,19)(H,17,18)/t13-/m0/s1. The fraction of sp³-hybridized carbons (Fsp3) is 0.467. The number of hydrogen-bond acceptors (Lipinski definition) is 3. The van der Waals surface area contributed by atoms with Gasteiger partial charge in [-0.2, -0.15) is 0 Å². The molecular weight excluding hydrogens is 256 g/mol. The monoisotopic (exact) mass is 276 g/mol. The zero-order chi connectivity index (χ0) is 14.4. The Morgan fingerprint density at radius 2 is 2.15 bits per heavy atom. The molecule has 2 amide bonds. The van der Waals surface area contributed by atoms with Crippen LogP contribution in [0.25, 0.3) is 0 Å². The normalized spacial score (nSPS) is 17.6. The van der Waals surface area contributed by atoms with Gasteiger partial charge in [-0.1, -0.05) is 12.1 Å². The van der Waals surface area contributed by atoms with E-state index in [4.69, 9.17) is 4.74 Å². The summed E-state index contributed by atoms with van der Waals surface area (Å²) in [6, 6.07) is 7.49. The van der Waals surface area contributed by atoms with Crippen LogP contribution in [0, 0.1) is 0 Å². The van der Waals surface area contributed by atoms with E-state index in [9.17, 15) is 9.59 Å². The van der Waals surface area contributed by atoms with Crippen LogP contribution in [0.5, 0.6) is 5.75 Å². The molecule has 0 saturated carbocycles. The number of methoxy groups -OCH3 is 1. The number of hydrogen-bond donors (Lipinski definition) is 2. The second kappa shape index (κ2) is 6.93. The molecule has 2 rings (SSSR count). The second-order valence-corrected chi connectivity index (χ2v) is 4.90. The number of rotatable bonds is 6. The molecule has 1 fully saturated rings. The van der Waals surface area contributed by atoms with E-state index in [1.807, 2.05) is 24.3 Å². The third kappa shape index (κ3) is 3.98. The van der Waals surface area contributed by atoms with E-state index in [1.165, 1.54) is 5.56 Å². The summed E-state index contributed by atoms with van der Waals surface area (Å²) >= 11 is 0. The molecule has 20 heavy (non-hydrogen) atoms. The van der Waals surface area contributed by atoms with Crippen molar-refractivity contribution in [3.05, 3.63) is 29.8 Å². The van der Waals surface area contributed by atoms with Gasteiger partial charge in [0.05, 0.1) is 7.11 Å². The first-order valence-electron chi connectivity index (χ1n) is 6.89. The Morgan fingerprint density at radius 1 is 1.40 bits per heavy atom. The smallest absolute Gasteiger partial charge is 0.242 e. The predicted molar refractivity (Wildman–Crippen MR) is 75.5 cm³/mol. The fourth-order valence-electron chi connectivity index (χ4n) is 2.24. The summed E-state index contributed by atoms with van der Waals surface area (Å²) < 4.78 is 5.09. The lowest BCUT2D eigenvalue weighted by Gasteiger charge is -2.09. The number of nitrogens with one attached hydrogen (secondary N) is 2. The molecule has 1 aromatic carbocycles. The van der Waals surface area contributed by atoms with Crippen molar-refractivity contribution in [2.24, 2.45) is 0 Å². The van der Waals surface area contributed by atoms with Gasteiger partial charge < -0.3 is 15.4 Å². The SMILES string of the molecule is COc1ccc(CCCC(=O)N[C@H]2CCNC2=O)cc1. The van der Waals surface area contributed by atoms with Crippen LogP contribution >= 0.6 is 0 Å². The average molecular weight is 276 g/mol. The molecule has 1 aliphatic heterocycles. The molecule has 1 saturated heterocycles. The Morgan fingerprint density at radius 3 is 2.75 bits per heavy atom. The molecule has 0 radical (unpaired) electrons. The van der Waals surface area contributed by atoms with E-state index in [1.54, 1.807) is 7.11 Å². The molecule has 0 aliphatic carbocycles. The zero-order valence-corrected chi connectivity index (χ0v) is 11.6. The van der Waals surface area contributed by atoms with Gasteiger partial charge in [0, 0.05) is 13.0 Å². The van der Waals surface area contributed by atoms with Gasteiger partial charge in [-0.15, -0.1) is 0 Å². The summed E-state index contributed by atoms with van der Waals surface area (Å²) in [5.41, 5.74) is 1.18. The lowest BCUT2D eigenvalue weighted by atomic mass is 10.1. The summed E-state index contributed by atoms with van der Waals surface area (Å²) in [4.78, 5) is 23.1. The van der Waals surface area contributed by atoms with Gasteiger partial charge in [0.25, 0.3) is 0 Å². The minimum atomic E-state index is -0.344. The summed E-state index contributed by atoms with van der Waals surface area (Å²) in [6.45, 7) is 0.648. The third-order valence-electron chi connectivity index (χ3n) is 3.41. The maximum Gasteiger partial charge on any atom is 0.242 e. The number of benzene rings is 1. The molecule has 1 aliphatic rings. The summed E-state index contributed by atoms with van der Waals surface area (Å²) in [5, 5.41) is 5.46. The van der Waals surface area contributed by atoms with Crippen molar-refractivity contribution >= 4 is 11.8 Å². The lowest BCUT2D eigenvalue weighted by molar-refractivity contribution is -0.127. The zero-order valence-electron chi connectivity index (χ0n) is 11.6. The second-order valence-electron chi connectivity index (χ2n) is 4.90. The molecule has 5 nitrogen and oxygen atoms in total. The quantitative estimate of drug-likeness (QED) is 0.815. The first-order valence-corrected chi connectivity index (χ1v) is 6.89. The van der Waals surface area contributed by atoms with E-state index in [-0.39, 0.29) is 17.9 Å². The van der Waals surface area contributed by atoms with Gasteiger partial charge in [-0.3, -0.25) is 9.59 Å². The molecule has 2 N–H and O–H groups in total. The molecule has 1 heterocycles. The Kier molecular flexibility index (Phi) is 4.98. The van der Waals surface area contributed by atoms with E-state index in [0.717, 1.165) is 18.6 Å². The Hall–Kier alpha value is -2.04. The lowest BCUT2D eigenvalue weighted by Crippen LogP contribution is -2.40. The molecule has 0 spiro atoms. The molecule has 0 unspecified atom stereocenters. The van der Waals surface area contributed by atoms with Crippen molar-refractivity contribution < 1.29 is 14.3 Å². The van der Waals surface area contributed by atoms with Crippen molar-refractivity contribution in [1.29, 1.82) is 0 Å². The summed E-state index contributed by atoms with van der Waals surface area (Å²) in [5.74, 6) is 0.702. The van der Waals surface area contributed by atoms with Gasteiger partial charge in [-0.25, -0.2) is 0 Å². The topological polar surface area (TPSA) is 67.4 Å². The largest absolute Gasteiger partial charge is 0.497 e. The van der Waals surface area contributed by atoms with Crippen molar-refractivity contribution in [3.8, 4) is 5.75 Å². The number of carbonyl (C=O) groups is 2. The summed E-state index contributed by atoms with van der Waals surface area (Å²) in [7, 11) is 1.64. The van der Waals surface area contributed by atoms with Crippen LogP contribution in [-0.2, 0) is 16.0 Å². The Bertz CT molecular complexity index is 471. The minimum absolute atomic E-state index is 0.0550. The van der Waals surface area contributed by atoms with Gasteiger partial charge in [0.15, 0.2) is 0 Å². The van der Waals surface area contributed by atoms with Crippen molar-refractivity contribution in [1.82, 2.24) is 10.6 Å². The van der Waals surface area contributed by atoms with Crippen LogP contribution < -0.4 is 15.4 Å². The van der Waals surface area contributed by atoms with E-state index < -0.39 is 0 Å². The van der Waals surface area contributed by atoms with E-state index in [2.05, 4.69) is 10.6 Å². The van der Waals surface area contributed by atoms with Crippen LogP contribution in [0.15, 0.2) is 24.3 Å². The van der Waals surface area contributed by atoms with Crippen molar-refractivity contribution in [2.45, 2.75) is 31.7 Å². The molecular formula is C15H20N2O3. The van der Waals surface area contributed by atoms with E-state index >= 15 is 0 Å². The van der Waals surface area contributed by atoms with Crippen LogP contribution in [-0.4, -0.2) is 31.5 Å². The van der Waals surface area contributed by atoms with Crippen LogP contribution in [0.1, 0.15) is 24.8 Å². The number of carbonyl (C=O) groups excluding carboxylic acids is 2. The van der Waals surface area contributed by atoms with Crippen LogP contribution in [0.2, 0.25) is 0 Å². The maximum atomic E-state index is 11.7. The molecule has 0 aromatic heterocycles. The highest BCUT2D eigenvalue weighted by Gasteiger charge is 2.24. The van der Waals surface area contributed by atoms with Crippen molar-refractivity contribution in [3.63, 3.8) is 0 Å². The number of ether oxygens (including phenoxy) is 1. The average Bonchev–Trinajstić information content (AvgIpc) is 2.85. The highest BCUT2D eigenvalue weighted by Crippen LogP contribution is 2.13. The van der Waals surface area contributed by atoms with E-state index in [0.29, 0.717) is 19.4 Å².